The summed E-state index contributed by atoms with van der Waals surface area (Å²) in [6.07, 6.45) is 0. The fourth-order valence-electron chi connectivity index (χ4n) is 2.72. The van der Waals surface area contributed by atoms with Crippen LogP contribution in [0.15, 0.2) is 47.4 Å². The van der Waals surface area contributed by atoms with Crippen molar-refractivity contribution in [1.29, 1.82) is 0 Å². The van der Waals surface area contributed by atoms with Gasteiger partial charge in [-0.3, -0.25) is 4.72 Å². The molecular weight excluding hydrogens is 342 g/mol. The van der Waals surface area contributed by atoms with Crippen LogP contribution in [0.4, 0.5) is 5.13 Å². The third-order valence-corrected chi connectivity index (χ3v) is 6.20. The molecule has 0 saturated carbocycles. The lowest BCUT2D eigenvalue weighted by molar-refractivity contribution is 0.600. The molecule has 1 N–H and O–H groups in total. The molecule has 0 amide bonds. The van der Waals surface area contributed by atoms with Crippen LogP contribution in [0, 0.1) is 20.8 Å². The van der Waals surface area contributed by atoms with Gasteiger partial charge < -0.3 is 0 Å². The van der Waals surface area contributed by atoms with Crippen LogP contribution in [-0.2, 0) is 10.0 Å². The van der Waals surface area contributed by atoms with Crippen LogP contribution in [0.25, 0.3) is 10.6 Å². The number of nitrogens with one attached hydrogen (secondary N) is 1. The first-order valence-electron chi connectivity index (χ1n) is 7.36. The Kier molecular flexibility index (Phi) is 4.38. The van der Waals surface area contributed by atoms with Gasteiger partial charge in [0.1, 0.15) is 5.01 Å². The van der Waals surface area contributed by atoms with E-state index in [9.17, 15) is 8.42 Å². The van der Waals surface area contributed by atoms with Crippen LogP contribution in [0.1, 0.15) is 16.7 Å². The number of hydrogen-bond donors (Lipinski definition) is 1. The molecule has 0 aliphatic heterocycles. The molecule has 7 heteroatoms. The molecule has 1 aromatic heterocycles. The predicted octanol–water partition coefficient (Wildman–Crippen LogP) is 3.93. The Balaban J connectivity index is 1.93. The van der Waals surface area contributed by atoms with Crippen LogP contribution < -0.4 is 4.72 Å². The number of hydrogen-bond acceptors (Lipinski definition) is 5. The van der Waals surface area contributed by atoms with Gasteiger partial charge in [0, 0.05) is 5.56 Å². The second-order valence-corrected chi connectivity index (χ2v) is 8.21. The number of aryl methyl sites for hydroxylation is 3. The number of rotatable bonds is 4. The Morgan fingerprint density at radius 3 is 2.21 bits per heavy atom. The summed E-state index contributed by atoms with van der Waals surface area (Å²) in [5, 5.41) is 8.95. The van der Waals surface area contributed by atoms with E-state index in [1.165, 1.54) is 11.3 Å². The molecule has 0 spiro atoms. The molecule has 5 nitrogen and oxygen atoms in total. The standard InChI is InChI=1S/C17H17N3O2S2/c1-11-9-12(2)15(13(3)10-11)24(21,22)20-17-19-18-16(23-17)14-7-5-4-6-8-14/h4-10H,1-3H3,(H,19,20). The highest BCUT2D eigenvalue weighted by Gasteiger charge is 2.22. The first kappa shape index (κ1) is 16.6. The van der Waals surface area contributed by atoms with Crippen LogP contribution in [0.5, 0.6) is 0 Å². The van der Waals surface area contributed by atoms with Gasteiger partial charge in [0.2, 0.25) is 5.13 Å². The van der Waals surface area contributed by atoms with Crippen LogP contribution >= 0.6 is 11.3 Å². The van der Waals surface area contributed by atoms with Gasteiger partial charge in [0.15, 0.2) is 0 Å². The lowest BCUT2D eigenvalue weighted by Crippen LogP contribution is -2.15. The number of nitrogens with zero attached hydrogens (tertiary/aromatic N) is 2. The highest BCUT2D eigenvalue weighted by Crippen LogP contribution is 2.29. The van der Waals surface area contributed by atoms with Crippen molar-refractivity contribution >= 4 is 26.5 Å². The number of anilines is 1. The molecule has 24 heavy (non-hydrogen) atoms. The Hall–Kier alpha value is -2.25. The summed E-state index contributed by atoms with van der Waals surface area (Å²) < 4.78 is 28.0. The van der Waals surface area contributed by atoms with Gasteiger partial charge in [0.05, 0.1) is 4.90 Å². The average molecular weight is 359 g/mol. The minimum atomic E-state index is -3.70. The summed E-state index contributed by atoms with van der Waals surface area (Å²) in [6, 6.07) is 13.3. The summed E-state index contributed by atoms with van der Waals surface area (Å²) in [5.74, 6) is 0. The number of benzene rings is 2. The second-order valence-electron chi connectivity index (χ2n) is 5.61. The van der Waals surface area contributed by atoms with Gasteiger partial charge in [0.25, 0.3) is 10.0 Å². The molecule has 124 valence electrons. The van der Waals surface area contributed by atoms with Crippen molar-refractivity contribution in [3.63, 3.8) is 0 Å². The molecule has 0 radical (unpaired) electrons. The van der Waals surface area contributed by atoms with E-state index in [0.29, 0.717) is 21.0 Å². The monoisotopic (exact) mass is 359 g/mol. The van der Waals surface area contributed by atoms with Crippen molar-refractivity contribution in [1.82, 2.24) is 10.2 Å². The molecule has 3 rings (SSSR count). The van der Waals surface area contributed by atoms with E-state index in [0.717, 1.165) is 11.1 Å². The molecule has 0 fully saturated rings. The fourth-order valence-corrected chi connectivity index (χ4v) is 5.15. The summed E-state index contributed by atoms with van der Waals surface area (Å²) in [7, 11) is -3.70. The maximum absolute atomic E-state index is 12.7. The highest BCUT2D eigenvalue weighted by molar-refractivity contribution is 7.93. The molecule has 0 bridgehead atoms. The van der Waals surface area contributed by atoms with E-state index >= 15 is 0 Å². The third-order valence-electron chi connectivity index (χ3n) is 3.54. The van der Waals surface area contributed by atoms with E-state index in [-0.39, 0.29) is 5.13 Å². The number of aromatic nitrogens is 2. The van der Waals surface area contributed by atoms with Gasteiger partial charge in [-0.25, -0.2) is 8.42 Å². The molecular formula is C17H17N3O2S2. The topological polar surface area (TPSA) is 72.0 Å². The highest BCUT2D eigenvalue weighted by atomic mass is 32.2. The maximum Gasteiger partial charge on any atom is 0.264 e. The first-order chi connectivity index (χ1) is 11.4. The molecule has 0 saturated heterocycles. The summed E-state index contributed by atoms with van der Waals surface area (Å²) in [5.41, 5.74) is 3.37. The van der Waals surface area contributed by atoms with Gasteiger partial charge in [-0.1, -0.05) is 59.4 Å². The molecule has 0 unspecified atom stereocenters. The van der Waals surface area contributed by atoms with Crippen molar-refractivity contribution in [2.75, 3.05) is 4.72 Å². The van der Waals surface area contributed by atoms with Crippen molar-refractivity contribution in [3.05, 3.63) is 59.2 Å². The summed E-state index contributed by atoms with van der Waals surface area (Å²) in [6.45, 7) is 5.54. The molecule has 2 aromatic carbocycles. The zero-order chi connectivity index (χ0) is 17.3. The Morgan fingerprint density at radius 1 is 0.958 bits per heavy atom. The summed E-state index contributed by atoms with van der Waals surface area (Å²) in [4.78, 5) is 0.296. The lowest BCUT2D eigenvalue weighted by atomic mass is 10.1. The Bertz CT molecular complexity index is 957. The second kappa shape index (κ2) is 6.33. The molecule has 0 atom stereocenters. The maximum atomic E-state index is 12.7. The van der Waals surface area contributed by atoms with Crippen LogP contribution in [0.2, 0.25) is 0 Å². The van der Waals surface area contributed by atoms with Gasteiger partial charge in [-0.15, -0.1) is 10.2 Å². The minimum absolute atomic E-state index is 0.258. The first-order valence-corrected chi connectivity index (χ1v) is 9.66. The van der Waals surface area contributed by atoms with E-state index in [2.05, 4.69) is 14.9 Å². The molecule has 0 aliphatic rings. The zero-order valence-electron chi connectivity index (χ0n) is 13.6. The van der Waals surface area contributed by atoms with Crippen LogP contribution in [0.3, 0.4) is 0 Å². The van der Waals surface area contributed by atoms with Crippen molar-refractivity contribution in [3.8, 4) is 10.6 Å². The van der Waals surface area contributed by atoms with Gasteiger partial charge >= 0.3 is 0 Å². The Morgan fingerprint density at radius 2 is 1.58 bits per heavy atom. The van der Waals surface area contributed by atoms with E-state index in [1.807, 2.05) is 49.4 Å². The smallest absolute Gasteiger partial charge is 0.253 e. The molecule has 0 aliphatic carbocycles. The van der Waals surface area contributed by atoms with Crippen molar-refractivity contribution < 1.29 is 8.42 Å². The Labute approximate surface area is 145 Å². The van der Waals surface area contributed by atoms with Crippen LogP contribution in [-0.4, -0.2) is 18.6 Å². The van der Waals surface area contributed by atoms with Gasteiger partial charge in [-0.05, 0) is 31.9 Å². The largest absolute Gasteiger partial charge is 0.264 e. The van der Waals surface area contributed by atoms with Crippen molar-refractivity contribution in [2.45, 2.75) is 25.7 Å². The van der Waals surface area contributed by atoms with E-state index < -0.39 is 10.0 Å². The SMILES string of the molecule is Cc1cc(C)c(S(=O)(=O)Nc2nnc(-c3ccccc3)s2)c(C)c1. The predicted molar refractivity (Wildman–Crippen MR) is 96.8 cm³/mol. The van der Waals surface area contributed by atoms with E-state index in [1.54, 1.807) is 13.8 Å². The van der Waals surface area contributed by atoms with Gasteiger partial charge in [-0.2, -0.15) is 0 Å². The quantitative estimate of drug-likeness (QED) is 0.766. The third kappa shape index (κ3) is 3.32. The lowest BCUT2D eigenvalue weighted by Gasteiger charge is -2.12. The van der Waals surface area contributed by atoms with E-state index in [4.69, 9.17) is 0 Å². The molecule has 3 aromatic rings. The summed E-state index contributed by atoms with van der Waals surface area (Å²) >= 11 is 1.21. The fraction of sp³-hybridized carbons (Fsp3) is 0.176. The normalized spacial score (nSPS) is 11.5. The average Bonchev–Trinajstić information content (AvgIpc) is 2.94. The zero-order valence-corrected chi connectivity index (χ0v) is 15.2. The number of sulfonamides is 1. The van der Waals surface area contributed by atoms with Crippen molar-refractivity contribution in [2.24, 2.45) is 0 Å². The molecule has 1 heterocycles. The minimum Gasteiger partial charge on any atom is -0.253 e.